The standard InChI is InChI=1S/C14H14ClNO3/c1-18-10-6-4-8(15)13-12(10)11-7(14(17)19-2)3-5-9(11)16-13/h4,6-7,16H,3,5H2,1-2H3. The highest BCUT2D eigenvalue weighted by Crippen LogP contribution is 2.44. The summed E-state index contributed by atoms with van der Waals surface area (Å²) in [5.41, 5.74) is 2.86. The largest absolute Gasteiger partial charge is 0.496 e. The lowest BCUT2D eigenvalue weighted by Gasteiger charge is -2.10. The first-order chi connectivity index (χ1) is 9.17. The quantitative estimate of drug-likeness (QED) is 0.860. The van der Waals surface area contributed by atoms with Crippen LogP contribution in [-0.2, 0) is 16.0 Å². The molecule has 1 N–H and O–H groups in total. The van der Waals surface area contributed by atoms with E-state index in [4.69, 9.17) is 21.1 Å². The number of ether oxygens (including phenoxy) is 2. The van der Waals surface area contributed by atoms with Gasteiger partial charge in [-0.25, -0.2) is 0 Å². The molecular formula is C14H14ClNO3. The normalized spacial score (nSPS) is 17.5. The Morgan fingerprint density at radius 2 is 2.21 bits per heavy atom. The number of hydrogen-bond donors (Lipinski definition) is 1. The van der Waals surface area contributed by atoms with Gasteiger partial charge in [0.2, 0.25) is 0 Å². The zero-order valence-electron chi connectivity index (χ0n) is 10.7. The average molecular weight is 280 g/mol. The number of carbonyl (C=O) groups excluding carboxylic acids is 1. The Labute approximate surface area is 115 Å². The van der Waals surface area contributed by atoms with Crippen LogP contribution >= 0.6 is 11.6 Å². The van der Waals surface area contributed by atoms with Crippen molar-refractivity contribution >= 4 is 28.5 Å². The van der Waals surface area contributed by atoms with Crippen LogP contribution in [0.3, 0.4) is 0 Å². The van der Waals surface area contributed by atoms with Crippen LogP contribution in [0.2, 0.25) is 5.02 Å². The topological polar surface area (TPSA) is 51.3 Å². The molecule has 2 aromatic rings. The first kappa shape index (κ1) is 12.4. The molecule has 4 nitrogen and oxygen atoms in total. The van der Waals surface area contributed by atoms with Crippen LogP contribution in [0, 0.1) is 0 Å². The van der Waals surface area contributed by atoms with Crippen molar-refractivity contribution in [2.24, 2.45) is 0 Å². The van der Waals surface area contributed by atoms with E-state index in [-0.39, 0.29) is 11.9 Å². The fourth-order valence-corrected chi connectivity index (χ4v) is 3.08. The summed E-state index contributed by atoms with van der Waals surface area (Å²) in [6, 6.07) is 3.62. The van der Waals surface area contributed by atoms with Crippen molar-refractivity contribution in [2.75, 3.05) is 14.2 Å². The lowest BCUT2D eigenvalue weighted by atomic mass is 9.99. The van der Waals surface area contributed by atoms with E-state index in [0.717, 1.165) is 40.8 Å². The molecule has 1 aromatic heterocycles. The molecule has 1 aliphatic carbocycles. The number of carbonyl (C=O) groups is 1. The van der Waals surface area contributed by atoms with Gasteiger partial charge in [0.15, 0.2) is 0 Å². The lowest BCUT2D eigenvalue weighted by Crippen LogP contribution is -2.11. The first-order valence-corrected chi connectivity index (χ1v) is 6.50. The van der Waals surface area contributed by atoms with Crippen LogP contribution in [0.1, 0.15) is 23.6 Å². The van der Waals surface area contributed by atoms with E-state index in [1.54, 1.807) is 13.2 Å². The predicted octanol–water partition coefficient (Wildman–Crippen LogP) is 3.03. The molecule has 0 amide bonds. The number of aryl methyl sites for hydroxylation is 1. The van der Waals surface area contributed by atoms with E-state index in [1.165, 1.54) is 7.11 Å². The fraction of sp³-hybridized carbons (Fsp3) is 0.357. The summed E-state index contributed by atoms with van der Waals surface area (Å²) in [6.45, 7) is 0. The number of hydrogen-bond acceptors (Lipinski definition) is 3. The highest BCUT2D eigenvalue weighted by Gasteiger charge is 2.34. The first-order valence-electron chi connectivity index (χ1n) is 6.12. The summed E-state index contributed by atoms with van der Waals surface area (Å²) < 4.78 is 10.3. The van der Waals surface area contributed by atoms with Crippen molar-refractivity contribution in [3.05, 3.63) is 28.4 Å². The molecular weight excluding hydrogens is 266 g/mol. The molecule has 1 heterocycles. The molecule has 0 bridgehead atoms. The van der Waals surface area contributed by atoms with Crippen LogP contribution < -0.4 is 4.74 Å². The van der Waals surface area contributed by atoms with E-state index >= 15 is 0 Å². The highest BCUT2D eigenvalue weighted by atomic mass is 35.5. The third-order valence-electron chi connectivity index (χ3n) is 3.72. The van der Waals surface area contributed by atoms with E-state index in [2.05, 4.69) is 4.98 Å². The van der Waals surface area contributed by atoms with Gasteiger partial charge in [-0.3, -0.25) is 4.79 Å². The van der Waals surface area contributed by atoms with E-state index in [0.29, 0.717) is 5.02 Å². The van der Waals surface area contributed by atoms with Gasteiger partial charge in [0.05, 0.1) is 30.7 Å². The van der Waals surface area contributed by atoms with Gasteiger partial charge in [-0.2, -0.15) is 0 Å². The number of halogens is 1. The monoisotopic (exact) mass is 279 g/mol. The minimum atomic E-state index is -0.235. The Hall–Kier alpha value is -1.68. The summed E-state index contributed by atoms with van der Waals surface area (Å²) >= 11 is 6.21. The molecule has 0 spiro atoms. The molecule has 0 fully saturated rings. The molecule has 0 radical (unpaired) electrons. The number of esters is 1. The number of aromatic nitrogens is 1. The van der Waals surface area contributed by atoms with Gasteiger partial charge in [-0.15, -0.1) is 0 Å². The second-order valence-electron chi connectivity index (χ2n) is 4.63. The summed E-state index contributed by atoms with van der Waals surface area (Å²) in [6.07, 6.45) is 1.59. The number of rotatable bonds is 2. The maximum atomic E-state index is 11.9. The van der Waals surface area contributed by atoms with Gasteiger partial charge in [-0.1, -0.05) is 11.6 Å². The molecule has 1 atom stereocenters. The Kier molecular flexibility index (Phi) is 2.90. The summed E-state index contributed by atoms with van der Waals surface area (Å²) in [5, 5.41) is 1.53. The Bertz CT molecular complexity index is 662. The van der Waals surface area contributed by atoms with Crippen LogP contribution in [0.5, 0.6) is 5.75 Å². The third kappa shape index (κ3) is 1.70. The molecule has 19 heavy (non-hydrogen) atoms. The molecule has 3 rings (SSSR count). The summed E-state index contributed by atoms with van der Waals surface area (Å²) in [4.78, 5) is 15.2. The molecule has 0 aliphatic heterocycles. The molecule has 100 valence electrons. The van der Waals surface area contributed by atoms with E-state index in [9.17, 15) is 4.79 Å². The van der Waals surface area contributed by atoms with Gasteiger partial charge in [0, 0.05) is 11.1 Å². The van der Waals surface area contributed by atoms with Gasteiger partial charge in [0.25, 0.3) is 0 Å². The fourth-order valence-electron chi connectivity index (χ4n) is 2.88. The molecule has 0 saturated carbocycles. The van der Waals surface area contributed by atoms with Crippen molar-refractivity contribution in [3.63, 3.8) is 0 Å². The van der Waals surface area contributed by atoms with E-state index < -0.39 is 0 Å². The zero-order valence-corrected chi connectivity index (χ0v) is 11.5. The predicted molar refractivity (Wildman–Crippen MR) is 72.9 cm³/mol. The Morgan fingerprint density at radius 1 is 1.42 bits per heavy atom. The van der Waals surface area contributed by atoms with Crippen LogP contribution in [-0.4, -0.2) is 25.2 Å². The van der Waals surface area contributed by atoms with Gasteiger partial charge < -0.3 is 14.5 Å². The minimum Gasteiger partial charge on any atom is -0.496 e. The maximum absolute atomic E-state index is 11.9. The number of fused-ring (bicyclic) bond motifs is 3. The highest BCUT2D eigenvalue weighted by molar-refractivity contribution is 6.35. The Balaban J connectivity index is 2.29. The second kappa shape index (κ2) is 4.46. The van der Waals surface area contributed by atoms with Gasteiger partial charge in [0.1, 0.15) is 5.75 Å². The van der Waals surface area contributed by atoms with Crippen LogP contribution in [0.4, 0.5) is 0 Å². The molecule has 1 aromatic carbocycles. The Morgan fingerprint density at radius 3 is 2.89 bits per heavy atom. The maximum Gasteiger partial charge on any atom is 0.313 e. The van der Waals surface area contributed by atoms with Crippen molar-refractivity contribution in [1.82, 2.24) is 4.98 Å². The molecule has 5 heteroatoms. The van der Waals surface area contributed by atoms with Crippen molar-refractivity contribution < 1.29 is 14.3 Å². The summed E-state index contributed by atoms with van der Waals surface area (Å²) in [7, 11) is 3.03. The molecule has 0 saturated heterocycles. The van der Waals surface area contributed by atoms with Crippen molar-refractivity contribution in [2.45, 2.75) is 18.8 Å². The van der Waals surface area contributed by atoms with Crippen LogP contribution in [0.25, 0.3) is 10.9 Å². The molecule has 1 aliphatic rings. The lowest BCUT2D eigenvalue weighted by molar-refractivity contribution is -0.142. The van der Waals surface area contributed by atoms with Gasteiger partial charge in [-0.05, 0) is 30.5 Å². The SMILES string of the molecule is COC(=O)C1CCc2[nH]c3c(Cl)ccc(OC)c3c21. The number of H-pyrrole nitrogens is 1. The van der Waals surface area contributed by atoms with Gasteiger partial charge >= 0.3 is 5.97 Å². The zero-order chi connectivity index (χ0) is 13.6. The second-order valence-corrected chi connectivity index (χ2v) is 5.04. The average Bonchev–Trinajstić information content (AvgIpc) is 2.98. The number of aromatic amines is 1. The smallest absolute Gasteiger partial charge is 0.313 e. The minimum absolute atomic E-state index is 0.207. The van der Waals surface area contributed by atoms with Crippen molar-refractivity contribution in [1.29, 1.82) is 0 Å². The van der Waals surface area contributed by atoms with E-state index in [1.807, 2.05) is 6.07 Å². The number of methoxy groups -OCH3 is 2. The number of benzene rings is 1. The summed E-state index contributed by atoms with van der Waals surface area (Å²) in [5.74, 6) is 0.287. The molecule has 1 unspecified atom stereocenters. The number of nitrogens with one attached hydrogen (secondary N) is 1. The van der Waals surface area contributed by atoms with Crippen molar-refractivity contribution in [3.8, 4) is 5.75 Å². The van der Waals surface area contributed by atoms with Crippen LogP contribution in [0.15, 0.2) is 12.1 Å². The third-order valence-corrected chi connectivity index (χ3v) is 4.04.